The highest BCUT2D eigenvalue weighted by molar-refractivity contribution is 7.99. The van der Waals surface area contributed by atoms with Crippen LogP contribution in [0.2, 0.25) is 0 Å². The first-order valence-electron chi connectivity index (χ1n) is 9.60. The van der Waals surface area contributed by atoms with E-state index in [1.807, 2.05) is 37.0 Å². The molecule has 0 bridgehead atoms. The fourth-order valence-corrected chi connectivity index (χ4v) is 5.10. The molecule has 2 fully saturated rings. The number of rotatable bonds is 7. The van der Waals surface area contributed by atoms with Crippen LogP contribution in [0.4, 0.5) is 0 Å². The van der Waals surface area contributed by atoms with Crippen LogP contribution in [-0.2, 0) is 12.5 Å². The van der Waals surface area contributed by atoms with Crippen molar-refractivity contribution < 1.29 is 4.42 Å². The molecule has 8 nitrogen and oxygen atoms in total. The standard InChI is InChI=1S/C19H23N7OS/c1-13-15(27-12-22-13)16-23-24-18(25(16)2)28-8-4-7-26-10-14-9-19(14,11-26)17-20-5-3-6-21-17/h3,5-6,12,14H,4,7-11H2,1-2H3/t14-,19?/m1/s1. The van der Waals surface area contributed by atoms with Gasteiger partial charge >= 0.3 is 0 Å². The summed E-state index contributed by atoms with van der Waals surface area (Å²) in [4.78, 5) is 15.7. The fourth-order valence-electron chi connectivity index (χ4n) is 4.27. The van der Waals surface area contributed by atoms with Gasteiger partial charge in [-0.3, -0.25) is 0 Å². The molecular weight excluding hydrogens is 374 g/mol. The first-order valence-corrected chi connectivity index (χ1v) is 10.6. The lowest BCUT2D eigenvalue weighted by molar-refractivity contribution is 0.297. The summed E-state index contributed by atoms with van der Waals surface area (Å²) in [5, 5.41) is 9.48. The summed E-state index contributed by atoms with van der Waals surface area (Å²) in [6, 6.07) is 1.89. The minimum Gasteiger partial charge on any atom is -0.440 e. The van der Waals surface area contributed by atoms with Crippen molar-refractivity contribution in [3.63, 3.8) is 0 Å². The average Bonchev–Trinajstić information content (AvgIpc) is 3.02. The third kappa shape index (κ3) is 3.02. The van der Waals surface area contributed by atoms with Gasteiger partial charge in [0.1, 0.15) is 5.82 Å². The van der Waals surface area contributed by atoms with Crippen molar-refractivity contribution in [2.75, 3.05) is 25.4 Å². The van der Waals surface area contributed by atoms with Crippen LogP contribution >= 0.6 is 11.8 Å². The maximum absolute atomic E-state index is 5.44. The van der Waals surface area contributed by atoms with Crippen molar-refractivity contribution in [2.24, 2.45) is 13.0 Å². The molecule has 5 rings (SSSR count). The summed E-state index contributed by atoms with van der Waals surface area (Å²) in [5.41, 5.74) is 1.05. The Labute approximate surface area is 167 Å². The number of nitrogens with zero attached hydrogens (tertiary/aromatic N) is 7. The summed E-state index contributed by atoms with van der Waals surface area (Å²) >= 11 is 1.74. The highest BCUT2D eigenvalue weighted by Gasteiger charge is 2.62. The Morgan fingerprint density at radius 3 is 2.89 bits per heavy atom. The van der Waals surface area contributed by atoms with Crippen molar-refractivity contribution in [1.29, 1.82) is 0 Å². The molecule has 2 aliphatic rings. The van der Waals surface area contributed by atoms with Gasteiger partial charge in [0.2, 0.25) is 5.82 Å². The molecule has 1 saturated carbocycles. The largest absolute Gasteiger partial charge is 0.440 e. The molecule has 146 valence electrons. The van der Waals surface area contributed by atoms with Gasteiger partial charge in [0.05, 0.1) is 5.69 Å². The van der Waals surface area contributed by atoms with Crippen molar-refractivity contribution >= 4 is 11.8 Å². The van der Waals surface area contributed by atoms with Crippen LogP contribution in [0.5, 0.6) is 0 Å². The van der Waals surface area contributed by atoms with E-state index in [4.69, 9.17) is 4.42 Å². The number of fused-ring (bicyclic) bond motifs is 1. The molecule has 3 aromatic rings. The Bertz CT molecular complexity index is 972. The zero-order valence-electron chi connectivity index (χ0n) is 16.1. The molecular formula is C19H23N7OS. The summed E-state index contributed by atoms with van der Waals surface area (Å²) in [5.74, 6) is 4.19. The van der Waals surface area contributed by atoms with Crippen LogP contribution in [0.25, 0.3) is 11.6 Å². The topological polar surface area (TPSA) is 85.8 Å². The van der Waals surface area contributed by atoms with Gasteiger partial charge in [0.15, 0.2) is 17.3 Å². The molecule has 1 aliphatic carbocycles. The number of oxazole rings is 1. The number of likely N-dealkylation sites (tertiary alicyclic amines) is 1. The molecule has 0 radical (unpaired) electrons. The van der Waals surface area contributed by atoms with E-state index in [-0.39, 0.29) is 5.41 Å². The van der Waals surface area contributed by atoms with Gasteiger partial charge in [0.25, 0.3) is 0 Å². The van der Waals surface area contributed by atoms with E-state index < -0.39 is 0 Å². The Kier molecular flexibility index (Phi) is 4.43. The van der Waals surface area contributed by atoms with Crippen LogP contribution in [0.3, 0.4) is 0 Å². The maximum Gasteiger partial charge on any atom is 0.202 e. The van der Waals surface area contributed by atoms with Crippen molar-refractivity contribution in [1.82, 2.24) is 34.6 Å². The molecule has 1 saturated heterocycles. The molecule has 0 aromatic carbocycles. The normalized spacial score (nSPS) is 23.9. The lowest BCUT2D eigenvalue weighted by Gasteiger charge is -2.19. The smallest absolute Gasteiger partial charge is 0.202 e. The second-order valence-corrected chi connectivity index (χ2v) is 8.76. The Morgan fingerprint density at radius 1 is 1.25 bits per heavy atom. The first kappa shape index (κ1) is 17.8. The van der Waals surface area contributed by atoms with Crippen molar-refractivity contribution in [2.45, 2.75) is 30.3 Å². The van der Waals surface area contributed by atoms with E-state index in [9.17, 15) is 0 Å². The monoisotopic (exact) mass is 397 g/mol. The number of thioether (sulfide) groups is 1. The number of aryl methyl sites for hydroxylation is 1. The minimum atomic E-state index is 0.224. The van der Waals surface area contributed by atoms with Gasteiger partial charge in [-0.05, 0) is 38.3 Å². The minimum absolute atomic E-state index is 0.224. The maximum atomic E-state index is 5.44. The molecule has 0 amide bonds. The highest BCUT2D eigenvalue weighted by Crippen LogP contribution is 2.57. The average molecular weight is 398 g/mol. The van der Waals surface area contributed by atoms with Crippen LogP contribution in [0, 0.1) is 12.8 Å². The molecule has 9 heteroatoms. The number of hydrogen-bond acceptors (Lipinski definition) is 8. The summed E-state index contributed by atoms with van der Waals surface area (Å²) in [6.07, 6.45) is 7.53. The van der Waals surface area contributed by atoms with Gasteiger partial charge < -0.3 is 13.9 Å². The third-order valence-electron chi connectivity index (χ3n) is 5.86. The molecule has 28 heavy (non-hydrogen) atoms. The van der Waals surface area contributed by atoms with Crippen molar-refractivity contribution in [3.8, 4) is 11.6 Å². The molecule has 1 aliphatic heterocycles. The van der Waals surface area contributed by atoms with E-state index in [0.29, 0.717) is 5.76 Å². The van der Waals surface area contributed by atoms with Gasteiger partial charge in [-0.25, -0.2) is 15.0 Å². The Hall–Kier alpha value is -2.26. The van der Waals surface area contributed by atoms with Gasteiger partial charge in [0, 0.05) is 43.7 Å². The number of hydrogen-bond donors (Lipinski definition) is 0. The molecule has 0 N–H and O–H groups in total. The van der Waals surface area contributed by atoms with Crippen molar-refractivity contribution in [3.05, 3.63) is 36.4 Å². The van der Waals surface area contributed by atoms with Crippen LogP contribution in [0.15, 0.2) is 34.4 Å². The van der Waals surface area contributed by atoms with E-state index in [1.165, 1.54) is 19.4 Å². The first-order chi connectivity index (χ1) is 13.7. The van der Waals surface area contributed by atoms with E-state index in [1.54, 1.807) is 11.8 Å². The number of aromatic nitrogens is 6. The summed E-state index contributed by atoms with van der Waals surface area (Å²) in [7, 11) is 1.97. The lowest BCUT2D eigenvalue weighted by atomic mass is 10.1. The summed E-state index contributed by atoms with van der Waals surface area (Å²) < 4.78 is 7.41. The lowest BCUT2D eigenvalue weighted by Crippen LogP contribution is -2.28. The van der Waals surface area contributed by atoms with Crippen LogP contribution in [-0.4, -0.2) is 60.0 Å². The second kappa shape index (κ2) is 6.97. The van der Waals surface area contributed by atoms with Crippen LogP contribution in [0.1, 0.15) is 24.4 Å². The van der Waals surface area contributed by atoms with Gasteiger partial charge in [-0.2, -0.15) is 0 Å². The predicted octanol–water partition coefficient (Wildman–Crippen LogP) is 2.32. The van der Waals surface area contributed by atoms with Gasteiger partial charge in [-0.1, -0.05) is 11.8 Å². The zero-order valence-corrected chi connectivity index (χ0v) is 16.9. The fraction of sp³-hybridized carbons (Fsp3) is 0.526. The predicted molar refractivity (Wildman–Crippen MR) is 105 cm³/mol. The second-order valence-electron chi connectivity index (χ2n) is 7.70. The summed E-state index contributed by atoms with van der Waals surface area (Å²) in [6.45, 7) is 5.27. The molecule has 4 heterocycles. The Morgan fingerprint density at radius 2 is 2.11 bits per heavy atom. The molecule has 2 atom stereocenters. The molecule has 3 aromatic heterocycles. The quantitative estimate of drug-likeness (QED) is 0.444. The van der Waals surface area contributed by atoms with E-state index >= 15 is 0 Å². The number of piperidine rings is 1. The third-order valence-corrected chi connectivity index (χ3v) is 6.97. The SMILES string of the molecule is Cc1ncoc1-c1nnc(SCCCN2C[C@H]3CC3(c3ncccn3)C2)n1C. The van der Waals surface area contributed by atoms with E-state index in [0.717, 1.165) is 53.7 Å². The molecule has 1 unspecified atom stereocenters. The van der Waals surface area contributed by atoms with Crippen LogP contribution < -0.4 is 0 Å². The zero-order chi connectivity index (χ0) is 19.1. The van der Waals surface area contributed by atoms with Gasteiger partial charge in [-0.15, -0.1) is 10.2 Å². The Balaban J connectivity index is 1.13. The molecule has 0 spiro atoms. The highest BCUT2D eigenvalue weighted by atomic mass is 32.2. The van der Waals surface area contributed by atoms with E-state index in [2.05, 4.69) is 30.0 Å².